The van der Waals surface area contributed by atoms with Crippen molar-refractivity contribution in [3.8, 4) is 0 Å². The smallest absolute Gasteiger partial charge is 0.221 e. The van der Waals surface area contributed by atoms with E-state index >= 15 is 0 Å². The molecule has 0 saturated carbocycles. The van der Waals surface area contributed by atoms with Crippen molar-refractivity contribution in [2.45, 2.75) is 26.3 Å². The average Bonchev–Trinajstić information content (AvgIpc) is 2.20. The molecule has 0 aromatic heterocycles. The number of benzene rings is 1. The Morgan fingerprint density at radius 2 is 2.18 bits per heavy atom. The van der Waals surface area contributed by atoms with E-state index in [-0.39, 0.29) is 11.9 Å². The molecule has 0 heterocycles. The first-order chi connectivity index (χ1) is 7.99. The van der Waals surface area contributed by atoms with Crippen LogP contribution in [-0.2, 0) is 4.79 Å². The highest BCUT2D eigenvalue weighted by Crippen LogP contribution is 2.18. The van der Waals surface area contributed by atoms with Gasteiger partial charge in [0, 0.05) is 24.0 Å². The number of hydrogen-bond acceptors (Lipinski definition) is 2. The van der Waals surface area contributed by atoms with E-state index in [1.165, 1.54) is 6.07 Å². The highest BCUT2D eigenvalue weighted by atomic mass is 35.5. The molecular formula is C12H16ClFN2O. The topological polar surface area (TPSA) is 41.1 Å². The molecule has 1 rings (SSSR count). The van der Waals surface area contributed by atoms with Crippen molar-refractivity contribution < 1.29 is 9.18 Å². The van der Waals surface area contributed by atoms with Crippen LogP contribution >= 0.6 is 11.6 Å². The van der Waals surface area contributed by atoms with E-state index in [4.69, 9.17) is 11.6 Å². The molecule has 0 fully saturated rings. The van der Waals surface area contributed by atoms with Gasteiger partial charge in [0.2, 0.25) is 5.91 Å². The summed E-state index contributed by atoms with van der Waals surface area (Å²) >= 11 is 5.63. The van der Waals surface area contributed by atoms with E-state index in [0.717, 1.165) is 0 Å². The molecule has 3 nitrogen and oxygen atoms in total. The van der Waals surface area contributed by atoms with Gasteiger partial charge in [-0.3, -0.25) is 4.79 Å². The van der Waals surface area contributed by atoms with Gasteiger partial charge in [-0.05, 0) is 32.0 Å². The fourth-order valence-corrected chi connectivity index (χ4v) is 1.50. The molecule has 1 aromatic carbocycles. The first-order valence-corrected chi connectivity index (χ1v) is 5.85. The maximum atomic E-state index is 13.3. The molecule has 0 aliphatic carbocycles. The minimum Gasteiger partial charge on any atom is -0.382 e. The highest BCUT2D eigenvalue weighted by molar-refractivity contribution is 6.30. The highest BCUT2D eigenvalue weighted by Gasteiger charge is 2.05. The summed E-state index contributed by atoms with van der Waals surface area (Å²) in [5.74, 6) is -0.469. The van der Waals surface area contributed by atoms with Gasteiger partial charge in [-0.2, -0.15) is 0 Å². The number of hydrogen-bond donors (Lipinski definition) is 2. The van der Waals surface area contributed by atoms with Crippen LogP contribution in [0.2, 0.25) is 5.02 Å². The Morgan fingerprint density at radius 1 is 1.47 bits per heavy atom. The molecule has 0 aliphatic rings. The van der Waals surface area contributed by atoms with Crippen molar-refractivity contribution in [1.29, 1.82) is 0 Å². The second-order valence-corrected chi connectivity index (χ2v) is 4.46. The Labute approximate surface area is 105 Å². The van der Waals surface area contributed by atoms with Crippen LogP contribution in [0.25, 0.3) is 0 Å². The zero-order chi connectivity index (χ0) is 12.8. The molecule has 0 radical (unpaired) electrons. The first-order valence-electron chi connectivity index (χ1n) is 5.47. The van der Waals surface area contributed by atoms with Gasteiger partial charge >= 0.3 is 0 Å². The van der Waals surface area contributed by atoms with Crippen molar-refractivity contribution in [2.75, 3.05) is 11.9 Å². The number of amides is 1. The van der Waals surface area contributed by atoms with Crippen molar-refractivity contribution in [3.63, 3.8) is 0 Å². The number of nitrogens with one attached hydrogen (secondary N) is 2. The Balaban J connectivity index is 2.38. The Bertz CT molecular complexity index is 396. The van der Waals surface area contributed by atoms with E-state index < -0.39 is 5.82 Å². The van der Waals surface area contributed by atoms with Gasteiger partial charge in [-0.1, -0.05) is 11.6 Å². The predicted octanol–water partition coefficient (Wildman–Crippen LogP) is 2.81. The molecule has 0 aliphatic heterocycles. The summed E-state index contributed by atoms with van der Waals surface area (Å²) in [6.45, 7) is 4.17. The third-order valence-corrected chi connectivity index (χ3v) is 2.28. The second-order valence-electron chi connectivity index (χ2n) is 4.02. The Morgan fingerprint density at radius 3 is 2.76 bits per heavy atom. The van der Waals surface area contributed by atoms with Crippen LogP contribution < -0.4 is 10.6 Å². The quantitative estimate of drug-likeness (QED) is 0.853. The fourth-order valence-electron chi connectivity index (χ4n) is 1.34. The third kappa shape index (κ3) is 5.04. The lowest BCUT2D eigenvalue weighted by Crippen LogP contribution is -2.31. The molecule has 94 valence electrons. The van der Waals surface area contributed by atoms with Crippen molar-refractivity contribution in [1.82, 2.24) is 5.32 Å². The monoisotopic (exact) mass is 258 g/mol. The van der Waals surface area contributed by atoms with E-state index in [2.05, 4.69) is 10.6 Å². The predicted molar refractivity (Wildman–Crippen MR) is 67.8 cm³/mol. The summed E-state index contributed by atoms with van der Waals surface area (Å²) in [5.41, 5.74) is 0.353. The lowest BCUT2D eigenvalue weighted by molar-refractivity contribution is -0.121. The molecule has 0 spiro atoms. The van der Waals surface area contributed by atoms with Gasteiger partial charge in [0.1, 0.15) is 5.82 Å². The number of carbonyl (C=O) groups excluding carboxylic acids is 1. The summed E-state index contributed by atoms with van der Waals surface area (Å²) in [6.07, 6.45) is 0.306. The summed E-state index contributed by atoms with van der Waals surface area (Å²) in [7, 11) is 0. The number of halogens is 2. The number of rotatable bonds is 5. The molecule has 1 aromatic rings. The number of anilines is 1. The molecule has 0 saturated heterocycles. The van der Waals surface area contributed by atoms with Crippen LogP contribution in [-0.4, -0.2) is 18.5 Å². The van der Waals surface area contributed by atoms with Gasteiger partial charge in [0.15, 0.2) is 0 Å². The molecule has 1 amide bonds. The minimum absolute atomic E-state index is 0.0538. The second kappa shape index (κ2) is 6.45. The molecule has 17 heavy (non-hydrogen) atoms. The van der Waals surface area contributed by atoms with Gasteiger partial charge in [-0.25, -0.2) is 4.39 Å². The lowest BCUT2D eigenvalue weighted by atomic mass is 10.3. The van der Waals surface area contributed by atoms with Gasteiger partial charge in [0.05, 0.1) is 5.69 Å². The van der Waals surface area contributed by atoms with Crippen LogP contribution in [0.15, 0.2) is 18.2 Å². The third-order valence-electron chi connectivity index (χ3n) is 2.05. The van der Waals surface area contributed by atoms with Crippen LogP contribution in [0, 0.1) is 5.82 Å². The largest absolute Gasteiger partial charge is 0.382 e. The lowest BCUT2D eigenvalue weighted by Gasteiger charge is -2.10. The van der Waals surface area contributed by atoms with Crippen LogP contribution in [0.4, 0.5) is 10.1 Å². The van der Waals surface area contributed by atoms with E-state index in [1.807, 2.05) is 13.8 Å². The standard InChI is InChI=1S/C12H16ClFN2O/c1-8(2)16-12(17)5-6-15-11-4-3-9(13)7-10(11)14/h3-4,7-8,15H,5-6H2,1-2H3,(H,16,17). The van der Waals surface area contributed by atoms with Crippen LogP contribution in [0.3, 0.4) is 0 Å². The Hall–Kier alpha value is -1.29. The van der Waals surface area contributed by atoms with Crippen LogP contribution in [0.1, 0.15) is 20.3 Å². The number of carbonyl (C=O) groups is 1. The van der Waals surface area contributed by atoms with Crippen molar-refractivity contribution in [3.05, 3.63) is 29.0 Å². The van der Waals surface area contributed by atoms with Gasteiger partial charge in [0.25, 0.3) is 0 Å². The minimum atomic E-state index is -0.415. The van der Waals surface area contributed by atoms with Crippen molar-refractivity contribution >= 4 is 23.2 Å². The SMILES string of the molecule is CC(C)NC(=O)CCNc1ccc(Cl)cc1F. The summed E-state index contributed by atoms with van der Waals surface area (Å²) in [6, 6.07) is 4.51. The zero-order valence-electron chi connectivity index (χ0n) is 9.89. The summed E-state index contributed by atoms with van der Waals surface area (Å²) in [4.78, 5) is 11.3. The average molecular weight is 259 g/mol. The van der Waals surface area contributed by atoms with E-state index in [0.29, 0.717) is 23.7 Å². The molecule has 0 unspecified atom stereocenters. The summed E-state index contributed by atoms with van der Waals surface area (Å²) in [5, 5.41) is 5.96. The van der Waals surface area contributed by atoms with Gasteiger partial charge in [-0.15, -0.1) is 0 Å². The van der Waals surface area contributed by atoms with Crippen LogP contribution in [0.5, 0.6) is 0 Å². The normalized spacial score (nSPS) is 10.4. The Kier molecular flexibility index (Phi) is 5.22. The van der Waals surface area contributed by atoms with Crippen molar-refractivity contribution in [2.24, 2.45) is 0 Å². The maximum Gasteiger partial charge on any atom is 0.221 e. The molecule has 0 atom stereocenters. The zero-order valence-corrected chi connectivity index (χ0v) is 10.6. The molecule has 2 N–H and O–H groups in total. The fraction of sp³-hybridized carbons (Fsp3) is 0.417. The van der Waals surface area contributed by atoms with Gasteiger partial charge < -0.3 is 10.6 Å². The summed E-state index contributed by atoms with van der Waals surface area (Å²) < 4.78 is 13.3. The van der Waals surface area contributed by atoms with E-state index in [1.54, 1.807) is 12.1 Å². The van der Waals surface area contributed by atoms with E-state index in [9.17, 15) is 9.18 Å². The molecule has 0 bridgehead atoms. The maximum absolute atomic E-state index is 13.3. The molecule has 5 heteroatoms. The molecular weight excluding hydrogens is 243 g/mol. The first kappa shape index (κ1) is 13.8.